The van der Waals surface area contributed by atoms with Crippen LogP contribution in [-0.4, -0.2) is 48.3 Å². The molecule has 0 saturated carbocycles. The molecule has 6 nitrogen and oxygen atoms in total. The molecule has 2 N–H and O–H groups in total. The van der Waals surface area contributed by atoms with Crippen LogP contribution in [0.25, 0.3) is 0 Å². The maximum absolute atomic E-state index is 12.9. The van der Waals surface area contributed by atoms with Crippen molar-refractivity contribution in [2.75, 3.05) is 19.6 Å². The van der Waals surface area contributed by atoms with Crippen LogP contribution in [0.2, 0.25) is 0 Å². The maximum atomic E-state index is 12.9. The molecular weight excluding hydrogens is 390 g/mol. The third-order valence-corrected chi connectivity index (χ3v) is 5.52. The summed E-state index contributed by atoms with van der Waals surface area (Å²) < 4.78 is 0. The van der Waals surface area contributed by atoms with Gasteiger partial charge in [-0.1, -0.05) is 55.0 Å². The van der Waals surface area contributed by atoms with E-state index >= 15 is 0 Å². The van der Waals surface area contributed by atoms with Gasteiger partial charge < -0.3 is 15.5 Å². The lowest BCUT2D eigenvalue weighted by Gasteiger charge is -2.21. The topological polar surface area (TPSA) is 78.5 Å². The lowest BCUT2D eigenvalue weighted by molar-refractivity contribution is -0.130. The first-order chi connectivity index (χ1) is 15.1. The molecule has 3 amide bonds. The average molecular weight is 422 g/mol. The first-order valence-corrected chi connectivity index (χ1v) is 11.1. The Labute approximate surface area is 184 Å². The quantitative estimate of drug-likeness (QED) is 0.611. The minimum absolute atomic E-state index is 0.209. The van der Waals surface area contributed by atoms with E-state index in [4.69, 9.17) is 0 Å². The summed E-state index contributed by atoms with van der Waals surface area (Å²) in [7, 11) is 0. The summed E-state index contributed by atoms with van der Waals surface area (Å²) in [5.41, 5.74) is 1.50. The summed E-state index contributed by atoms with van der Waals surface area (Å²) >= 11 is 0. The molecular formula is C25H31N3O3. The van der Waals surface area contributed by atoms with Crippen LogP contribution in [-0.2, 0) is 16.0 Å². The van der Waals surface area contributed by atoms with Crippen molar-refractivity contribution in [3.05, 3.63) is 71.8 Å². The van der Waals surface area contributed by atoms with Gasteiger partial charge in [0.1, 0.15) is 6.04 Å². The number of benzene rings is 2. The molecule has 1 unspecified atom stereocenters. The van der Waals surface area contributed by atoms with Crippen LogP contribution in [0.4, 0.5) is 0 Å². The number of nitrogens with zero attached hydrogens (tertiary/aromatic N) is 1. The first kappa shape index (κ1) is 22.5. The molecule has 0 aliphatic carbocycles. The van der Waals surface area contributed by atoms with Crippen molar-refractivity contribution in [1.29, 1.82) is 0 Å². The second-order valence-electron chi connectivity index (χ2n) is 7.92. The zero-order valence-corrected chi connectivity index (χ0v) is 17.9. The second kappa shape index (κ2) is 11.9. The zero-order chi connectivity index (χ0) is 21.9. The van der Waals surface area contributed by atoms with Gasteiger partial charge in [0.05, 0.1) is 0 Å². The number of amides is 3. The highest BCUT2D eigenvalue weighted by molar-refractivity contribution is 5.97. The Morgan fingerprint density at radius 1 is 0.935 bits per heavy atom. The summed E-state index contributed by atoms with van der Waals surface area (Å²) in [6.45, 7) is 1.92. The lowest BCUT2D eigenvalue weighted by Crippen LogP contribution is -2.48. The molecule has 2 aromatic rings. The van der Waals surface area contributed by atoms with Crippen molar-refractivity contribution in [1.82, 2.24) is 15.5 Å². The average Bonchev–Trinajstić information content (AvgIpc) is 3.01. The Kier molecular flexibility index (Phi) is 8.64. The summed E-state index contributed by atoms with van der Waals surface area (Å²) in [4.78, 5) is 39.5. The van der Waals surface area contributed by atoms with E-state index in [1.165, 1.54) is 0 Å². The van der Waals surface area contributed by atoms with Gasteiger partial charge >= 0.3 is 0 Å². The predicted molar refractivity (Wildman–Crippen MR) is 121 cm³/mol. The van der Waals surface area contributed by atoms with Gasteiger partial charge in [-0.25, -0.2) is 0 Å². The van der Waals surface area contributed by atoms with Crippen LogP contribution < -0.4 is 10.6 Å². The molecule has 1 saturated heterocycles. The fraction of sp³-hybridized carbons (Fsp3) is 0.400. The number of likely N-dealkylation sites (tertiary alicyclic amines) is 1. The smallest absolute Gasteiger partial charge is 0.251 e. The Bertz CT molecular complexity index is 855. The SMILES string of the molecule is O=C(NC(Cc1ccccc1)C(=O)NCCCN1CCCCCC1=O)c1ccccc1. The van der Waals surface area contributed by atoms with Crippen molar-refractivity contribution in [2.24, 2.45) is 0 Å². The molecule has 1 aliphatic rings. The minimum Gasteiger partial charge on any atom is -0.354 e. The second-order valence-corrected chi connectivity index (χ2v) is 7.92. The van der Waals surface area contributed by atoms with Gasteiger partial charge in [0.15, 0.2) is 0 Å². The Balaban J connectivity index is 1.55. The molecule has 31 heavy (non-hydrogen) atoms. The summed E-state index contributed by atoms with van der Waals surface area (Å²) in [6.07, 6.45) is 4.84. The van der Waals surface area contributed by atoms with Gasteiger partial charge in [-0.3, -0.25) is 14.4 Å². The standard InChI is InChI=1S/C25H31N3O3/c29-23-15-8-3-9-17-28(23)18-10-16-26-25(31)22(19-20-11-4-1-5-12-20)27-24(30)21-13-6-2-7-14-21/h1-2,4-7,11-14,22H,3,8-10,15-19H2,(H,26,31)(H,27,30). The van der Waals surface area contributed by atoms with Gasteiger partial charge in [0.25, 0.3) is 5.91 Å². The van der Waals surface area contributed by atoms with E-state index < -0.39 is 6.04 Å². The van der Waals surface area contributed by atoms with Gasteiger partial charge in [0.2, 0.25) is 11.8 Å². The third-order valence-electron chi connectivity index (χ3n) is 5.52. The summed E-state index contributed by atoms with van der Waals surface area (Å²) in [6, 6.07) is 17.9. The van der Waals surface area contributed by atoms with Crippen molar-refractivity contribution in [2.45, 2.75) is 44.6 Å². The van der Waals surface area contributed by atoms with Crippen LogP contribution in [0, 0.1) is 0 Å². The third kappa shape index (κ3) is 7.24. The number of carbonyl (C=O) groups is 3. The van der Waals surface area contributed by atoms with Crippen molar-refractivity contribution in [3.63, 3.8) is 0 Å². The van der Waals surface area contributed by atoms with Crippen molar-refractivity contribution < 1.29 is 14.4 Å². The van der Waals surface area contributed by atoms with Crippen LogP contribution >= 0.6 is 0 Å². The fourth-order valence-corrected chi connectivity index (χ4v) is 3.77. The Morgan fingerprint density at radius 2 is 1.65 bits per heavy atom. The van der Waals surface area contributed by atoms with Gasteiger partial charge in [0, 0.05) is 38.0 Å². The molecule has 6 heteroatoms. The molecule has 0 bridgehead atoms. The van der Waals surface area contributed by atoms with Crippen molar-refractivity contribution in [3.8, 4) is 0 Å². The molecule has 3 rings (SSSR count). The van der Waals surface area contributed by atoms with Crippen molar-refractivity contribution >= 4 is 17.7 Å². The first-order valence-electron chi connectivity index (χ1n) is 11.1. The van der Waals surface area contributed by atoms with Gasteiger partial charge in [-0.15, -0.1) is 0 Å². The number of rotatable bonds is 9. The van der Waals surface area contributed by atoms with Crippen LogP contribution in [0.15, 0.2) is 60.7 Å². The molecule has 2 aromatic carbocycles. The molecule has 0 aromatic heterocycles. The summed E-state index contributed by atoms with van der Waals surface area (Å²) in [5.74, 6) is -0.275. The minimum atomic E-state index is -0.671. The fourth-order valence-electron chi connectivity index (χ4n) is 3.77. The normalized spacial score (nSPS) is 15.1. The maximum Gasteiger partial charge on any atom is 0.251 e. The zero-order valence-electron chi connectivity index (χ0n) is 17.9. The number of hydrogen-bond acceptors (Lipinski definition) is 3. The molecule has 1 fully saturated rings. The van der Waals surface area contributed by atoms with Gasteiger partial charge in [-0.2, -0.15) is 0 Å². The van der Waals surface area contributed by atoms with Crippen LogP contribution in [0.3, 0.4) is 0 Å². The monoisotopic (exact) mass is 421 g/mol. The van der Waals surface area contributed by atoms with Crippen LogP contribution in [0.1, 0.15) is 48.0 Å². The van der Waals surface area contributed by atoms with E-state index in [9.17, 15) is 14.4 Å². The van der Waals surface area contributed by atoms with Gasteiger partial charge in [-0.05, 0) is 37.0 Å². The van der Waals surface area contributed by atoms with Crippen LogP contribution in [0.5, 0.6) is 0 Å². The highest BCUT2D eigenvalue weighted by Crippen LogP contribution is 2.11. The van der Waals surface area contributed by atoms with E-state index in [1.807, 2.05) is 41.3 Å². The van der Waals surface area contributed by atoms with E-state index in [0.29, 0.717) is 37.9 Å². The van der Waals surface area contributed by atoms with E-state index in [0.717, 1.165) is 31.4 Å². The number of hydrogen-bond donors (Lipinski definition) is 2. The highest BCUT2D eigenvalue weighted by Gasteiger charge is 2.22. The van der Waals surface area contributed by atoms with E-state index in [-0.39, 0.29) is 17.7 Å². The lowest BCUT2D eigenvalue weighted by atomic mass is 10.0. The molecule has 0 spiro atoms. The molecule has 1 aliphatic heterocycles. The van der Waals surface area contributed by atoms with E-state index in [2.05, 4.69) is 10.6 Å². The molecule has 164 valence electrons. The largest absolute Gasteiger partial charge is 0.354 e. The van der Waals surface area contributed by atoms with E-state index in [1.54, 1.807) is 24.3 Å². The molecule has 1 heterocycles. The molecule has 0 radical (unpaired) electrons. The number of nitrogens with one attached hydrogen (secondary N) is 2. The summed E-state index contributed by atoms with van der Waals surface area (Å²) in [5, 5.41) is 5.81. The Hall–Kier alpha value is -3.15. The molecule has 1 atom stereocenters. The highest BCUT2D eigenvalue weighted by atomic mass is 16.2. The Morgan fingerprint density at radius 3 is 2.39 bits per heavy atom. The predicted octanol–water partition coefficient (Wildman–Crippen LogP) is 2.94. The number of carbonyl (C=O) groups excluding carboxylic acids is 3.